The van der Waals surface area contributed by atoms with E-state index in [0.29, 0.717) is 37.5 Å². The zero-order chi connectivity index (χ0) is 19.3. The number of piperazine rings is 1. The summed E-state index contributed by atoms with van der Waals surface area (Å²) in [5.41, 5.74) is 2.19. The molecule has 1 aromatic carbocycles. The van der Waals surface area contributed by atoms with E-state index in [1.807, 2.05) is 53.4 Å². The Morgan fingerprint density at radius 3 is 2.46 bits per heavy atom. The Bertz CT molecular complexity index is 939. The molecule has 142 valence electrons. The monoisotopic (exact) mass is 375 g/mol. The Hall–Kier alpha value is -3.48. The normalized spacial score (nSPS) is 14.0. The van der Waals surface area contributed by atoms with Gasteiger partial charge in [0, 0.05) is 37.9 Å². The smallest absolute Gasteiger partial charge is 0.254 e. The number of anilines is 1. The first-order valence-electron chi connectivity index (χ1n) is 9.18. The van der Waals surface area contributed by atoms with Gasteiger partial charge in [0.15, 0.2) is 5.82 Å². The average Bonchev–Trinajstić information content (AvgIpc) is 2.79. The largest absolute Gasteiger partial charge is 0.497 e. The van der Waals surface area contributed by atoms with Crippen LogP contribution in [0.15, 0.2) is 60.8 Å². The molecule has 0 spiro atoms. The third kappa shape index (κ3) is 3.78. The summed E-state index contributed by atoms with van der Waals surface area (Å²) in [6.07, 6.45) is 1.74. The molecule has 1 amide bonds. The molecule has 1 fully saturated rings. The molecule has 1 aliphatic heterocycles. The van der Waals surface area contributed by atoms with Crippen LogP contribution < -0.4 is 9.64 Å². The summed E-state index contributed by atoms with van der Waals surface area (Å²) in [4.78, 5) is 21.0. The minimum atomic E-state index is 0.0233. The van der Waals surface area contributed by atoms with Gasteiger partial charge in [-0.2, -0.15) is 0 Å². The molecular weight excluding hydrogens is 354 g/mol. The Balaban J connectivity index is 1.39. The molecule has 0 radical (unpaired) electrons. The molecule has 0 saturated carbocycles. The molecule has 0 N–H and O–H groups in total. The number of carbonyl (C=O) groups excluding carboxylic acids is 1. The van der Waals surface area contributed by atoms with Crippen LogP contribution in [0.2, 0.25) is 0 Å². The van der Waals surface area contributed by atoms with Crippen molar-refractivity contribution in [1.29, 1.82) is 0 Å². The molecule has 2 aromatic heterocycles. The van der Waals surface area contributed by atoms with E-state index in [-0.39, 0.29) is 5.91 Å². The van der Waals surface area contributed by atoms with Gasteiger partial charge in [-0.05, 0) is 42.5 Å². The van der Waals surface area contributed by atoms with Crippen LogP contribution in [0, 0.1) is 0 Å². The fraction of sp³-hybridized carbons (Fsp3) is 0.238. The van der Waals surface area contributed by atoms with Crippen molar-refractivity contribution in [2.45, 2.75) is 0 Å². The van der Waals surface area contributed by atoms with Gasteiger partial charge in [0.1, 0.15) is 11.4 Å². The Morgan fingerprint density at radius 1 is 0.929 bits per heavy atom. The summed E-state index contributed by atoms with van der Waals surface area (Å²) >= 11 is 0. The fourth-order valence-electron chi connectivity index (χ4n) is 3.22. The molecule has 1 saturated heterocycles. The van der Waals surface area contributed by atoms with Gasteiger partial charge in [-0.25, -0.2) is 0 Å². The van der Waals surface area contributed by atoms with Gasteiger partial charge in [0.2, 0.25) is 0 Å². The van der Waals surface area contributed by atoms with E-state index < -0.39 is 0 Å². The van der Waals surface area contributed by atoms with Gasteiger partial charge >= 0.3 is 0 Å². The number of ether oxygens (including phenoxy) is 1. The highest BCUT2D eigenvalue weighted by atomic mass is 16.5. The van der Waals surface area contributed by atoms with Crippen LogP contribution in [0.1, 0.15) is 10.4 Å². The summed E-state index contributed by atoms with van der Waals surface area (Å²) < 4.78 is 5.21. The van der Waals surface area contributed by atoms with E-state index in [9.17, 15) is 4.79 Å². The number of pyridine rings is 1. The van der Waals surface area contributed by atoms with Crippen LogP contribution >= 0.6 is 0 Å². The third-order valence-electron chi connectivity index (χ3n) is 4.79. The van der Waals surface area contributed by atoms with Crippen LogP contribution in [-0.2, 0) is 0 Å². The maximum atomic E-state index is 12.7. The lowest BCUT2D eigenvalue weighted by Gasteiger charge is -2.35. The van der Waals surface area contributed by atoms with Crippen molar-refractivity contribution in [3.63, 3.8) is 0 Å². The molecule has 0 atom stereocenters. The topological polar surface area (TPSA) is 71.5 Å². The second kappa shape index (κ2) is 8.04. The second-order valence-electron chi connectivity index (χ2n) is 6.50. The maximum absolute atomic E-state index is 12.7. The second-order valence-corrected chi connectivity index (χ2v) is 6.50. The Morgan fingerprint density at radius 2 is 1.79 bits per heavy atom. The minimum absolute atomic E-state index is 0.0233. The SMILES string of the molecule is COc1cccc(C(=O)N2CCN(c3ccc(-c4ccccn4)nn3)CC2)c1. The van der Waals surface area contributed by atoms with E-state index in [2.05, 4.69) is 20.1 Å². The van der Waals surface area contributed by atoms with E-state index in [4.69, 9.17) is 4.74 Å². The quantitative estimate of drug-likeness (QED) is 0.698. The highest BCUT2D eigenvalue weighted by molar-refractivity contribution is 5.94. The lowest BCUT2D eigenvalue weighted by Crippen LogP contribution is -2.49. The van der Waals surface area contributed by atoms with E-state index in [1.54, 1.807) is 19.4 Å². The average molecular weight is 375 g/mol. The zero-order valence-electron chi connectivity index (χ0n) is 15.7. The van der Waals surface area contributed by atoms with Crippen molar-refractivity contribution in [3.8, 4) is 17.1 Å². The van der Waals surface area contributed by atoms with Crippen LogP contribution in [0.25, 0.3) is 11.4 Å². The van der Waals surface area contributed by atoms with Crippen molar-refractivity contribution in [3.05, 3.63) is 66.4 Å². The minimum Gasteiger partial charge on any atom is -0.497 e. The molecule has 3 aromatic rings. The summed E-state index contributed by atoms with van der Waals surface area (Å²) in [5, 5.41) is 8.64. The number of amides is 1. The first-order chi connectivity index (χ1) is 13.7. The standard InChI is InChI=1S/C21H21N5O2/c1-28-17-6-4-5-16(15-17)21(27)26-13-11-25(12-14-26)20-9-8-19(23-24-20)18-7-2-3-10-22-18/h2-10,15H,11-14H2,1H3. The van der Waals surface area contributed by atoms with Gasteiger partial charge in [0.25, 0.3) is 5.91 Å². The van der Waals surface area contributed by atoms with Gasteiger partial charge in [-0.3, -0.25) is 9.78 Å². The Kier molecular flexibility index (Phi) is 5.14. The van der Waals surface area contributed by atoms with Crippen LogP contribution in [-0.4, -0.2) is 59.3 Å². The number of benzene rings is 1. The predicted octanol–water partition coefficient (Wildman–Crippen LogP) is 2.51. The number of carbonyl (C=O) groups is 1. The molecule has 1 aliphatic rings. The van der Waals surface area contributed by atoms with Gasteiger partial charge in [0.05, 0.1) is 12.8 Å². The van der Waals surface area contributed by atoms with E-state index >= 15 is 0 Å². The van der Waals surface area contributed by atoms with Crippen molar-refractivity contribution in [2.75, 3.05) is 38.2 Å². The zero-order valence-corrected chi connectivity index (χ0v) is 15.7. The molecule has 4 rings (SSSR count). The van der Waals surface area contributed by atoms with E-state index in [0.717, 1.165) is 17.2 Å². The lowest BCUT2D eigenvalue weighted by molar-refractivity contribution is 0.0746. The van der Waals surface area contributed by atoms with Gasteiger partial charge < -0.3 is 14.5 Å². The number of aromatic nitrogens is 3. The van der Waals surface area contributed by atoms with Gasteiger partial charge in [-0.1, -0.05) is 12.1 Å². The number of hydrogen-bond donors (Lipinski definition) is 0. The molecule has 0 unspecified atom stereocenters. The molecule has 0 bridgehead atoms. The lowest BCUT2D eigenvalue weighted by atomic mass is 10.1. The Labute approximate surface area is 163 Å². The molecule has 3 heterocycles. The number of hydrogen-bond acceptors (Lipinski definition) is 6. The summed E-state index contributed by atoms with van der Waals surface area (Å²) in [5.74, 6) is 1.52. The predicted molar refractivity (Wildman–Crippen MR) is 106 cm³/mol. The molecule has 28 heavy (non-hydrogen) atoms. The van der Waals surface area contributed by atoms with Crippen molar-refractivity contribution >= 4 is 11.7 Å². The summed E-state index contributed by atoms with van der Waals surface area (Å²) in [6, 6.07) is 16.9. The first-order valence-corrected chi connectivity index (χ1v) is 9.18. The van der Waals surface area contributed by atoms with Crippen molar-refractivity contribution in [1.82, 2.24) is 20.1 Å². The molecular formula is C21H21N5O2. The highest BCUT2D eigenvalue weighted by Gasteiger charge is 2.23. The van der Waals surface area contributed by atoms with Crippen molar-refractivity contribution in [2.24, 2.45) is 0 Å². The third-order valence-corrected chi connectivity index (χ3v) is 4.79. The molecule has 7 heteroatoms. The van der Waals surface area contributed by atoms with Crippen LogP contribution in [0.5, 0.6) is 5.75 Å². The summed E-state index contributed by atoms with van der Waals surface area (Å²) in [6.45, 7) is 2.71. The molecule has 7 nitrogen and oxygen atoms in total. The van der Waals surface area contributed by atoms with Crippen LogP contribution in [0.4, 0.5) is 5.82 Å². The number of rotatable bonds is 4. The first kappa shape index (κ1) is 17.9. The number of nitrogens with zero attached hydrogens (tertiary/aromatic N) is 5. The van der Waals surface area contributed by atoms with E-state index in [1.165, 1.54) is 0 Å². The van der Waals surface area contributed by atoms with Crippen LogP contribution in [0.3, 0.4) is 0 Å². The fourth-order valence-corrected chi connectivity index (χ4v) is 3.22. The van der Waals surface area contributed by atoms with Crippen molar-refractivity contribution < 1.29 is 9.53 Å². The number of methoxy groups -OCH3 is 1. The molecule has 0 aliphatic carbocycles. The summed E-state index contributed by atoms with van der Waals surface area (Å²) in [7, 11) is 1.60. The highest BCUT2D eigenvalue weighted by Crippen LogP contribution is 2.19. The maximum Gasteiger partial charge on any atom is 0.254 e. The van der Waals surface area contributed by atoms with Gasteiger partial charge in [-0.15, -0.1) is 10.2 Å².